The molecule has 0 N–H and O–H groups in total. The van der Waals surface area contributed by atoms with Crippen molar-refractivity contribution in [1.82, 2.24) is 19.9 Å². The van der Waals surface area contributed by atoms with Crippen molar-refractivity contribution in [2.75, 3.05) is 19.6 Å². The van der Waals surface area contributed by atoms with Crippen LogP contribution in [-0.2, 0) is 11.2 Å². The van der Waals surface area contributed by atoms with E-state index in [4.69, 9.17) is 16.1 Å². The Kier molecular flexibility index (Phi) is 6.04. The van der Waals surface area contributed by atoms with Gasteiger partial charge in [-0.2, -0.15) is 4.98 Å². The summed E-state index contributed by atoms with van der Waals surface area (Å²) in [7, 11) is 0. The zero-order valence-corrected chi connectivity index (χ0v) is 17.6. The van der Waals surface area contributed by atoms with Crippen molar-refractivity contribution < 1.29 is 18.5 Å². The number of piperidine rings is 1. The first kappa shape index (κ1) is 20.8. The molecule has 1 aromatic carbocycles. The Morgan fingerprint density at radius 3 is 2.83 bits per heavy atom. The van der Waals surface area contributed by atoms with Crippen molar-refractivity contribution in [3.63, 3.8) is 0 Å². The lowest BCUT2D eigenvalue weighted by Gasteiger charge is -2.39. The molecule has 9 heteroatoms. The first-order valence-electron chi connectivity index (χ1n) is 10.3. The summed E-state index contributed by atoms with van der Waals surface area (Å²) in [5.41, 5.74) is 0.343. The number of halogens is 2. The summed E-state index contributed by atoms with van der Waals surface area (Å²) >= 11 is 5.82. The van der Waals surface area contributed by atoms with Crippen molar-refractivity contribution in [2.45, 2.75) is 51.0 Å². The molecule has 1 unspecified atom stereocenters. The Bertz CT molecular complexity index is 946. The Balaban J connectivity index is 1.40. The van der Waals surface area contributed by atoms with E-state index in [1.165, 1.54) is 25.1 Å². The molecule has 2 heterocycles. The lowest BCUT2D eigenvalue weighted by atomic mass is 10.0. The molecule has 1 aromatic heterocycles. The van der Waals surface area contributed by atoms with Crippen LogP contribution in [0.25, 0.3) is 0 Å². The van der Waals surface area contributed by atoms with Crippen molar-refractivity contribution in [2.24, 2.45) is 0 Å². The number of hydrogen-bond donors (Lipinski definition) is 0. The van der Waals surface area contributed by atoms with Crippen molar-refractivity contribution >= 4 is 23.4 Å². The molecule has 1 saturated heterocycles. The van der Waals surface area contributed by atoms with Gasteiger partial charge in [-0.25, -0.2) is 4.39 Å². The van der Waals surface area contributed by atoms with Gasteiger partial charge in [0.15, 0.2) is 5.82 Å². The second kappa shape index (κ2) is 8.71. The highest BCUT2D eigenvalue weighted by atomic mass is 35.5. The third kappa shape index (κ3) is 4.64. The summed E-state index contributed by atoms with van der Waals surface area (Å²) < 4.78 is 18.7. The SMILES string of the molecule is CC(=O)N(CCc1noc(C2CC2)n1)C1CCCN(C(=O)c2ccc(F)c(Cl)c2)C1. The molecule has 30 heavy (non-hydrogen) atoms. The molecule has 7 nitrogen and oxygen atoms in total. The van der Waals surface area contributed by atoms with Gasteiger partial charge in [0.1, 0.15) is 5.82 Å². The molecular formula is C21H24ClFN4O3. The summed E-state index contributed by atoms with van der Waals surface area (Å²) in [5, 5.41) is 3.94. The van der Waals surface area contributed by atoms with E-state index in [-0.39, 0.29) is 22.9 Å². The molecule has 1 atom stereocenters. The maximum Gasteiger partial charge on any atom is 0.253 e. The average Bonchev–Trinajstić information content (AvgIpc) is 3.48. The fraction of sp³-hybridized carbons (Fsp3) is 0.524. The Morgan fingerprint density at radius 2 is 2.13 bits per heavy atom. The molecule has 1 aliphatic heterocycles. The van der Waals surface area contributed by atoms with Crippen LogP contribution in [0.2, 0.25) is 5.02 Å². The van der Waals surface area contributed by atoms with E-state index in [0.717, 1.165) is 25.7 Å². The average molecular weight is 435 g/mol. The smallest absolute Gasteiger partial charge is 0.253 e. The van der Waals surface area contributed by atoms with Crippen molar-refractivity contribution in [3.8, 4) is 0 Å². The predicted molar refractivity (Wildman–Crippen MR) is 108 cm³/mol. The highest BCUT2D eigenvalue weighted by Gasteiger charge is 2.31. The second-order valence-electron chi connectivity index (χ2n) is 7.96. The van der Waals surface area contributed by atoms with Gasteiger partial charge in [-0.3, -0.25) is 9.59 Å². The van der Waals surface area contributed by atoms with Gasteiger partial charge in [0.25, 0.3) is 5.91 Å². The van der Waals surface area contributed by atoms with Crippen LogP contribution >= 0.6 is 11.6 Å². The first-order valence-corrected chi connectivity index (χ1v) is 10.6. The van der Waals surface area contributed by atoms with Crippen LogP contribution in [0.5, 0.6) is 0 Å². The normalized spacial score (nSPS) is 19.0. The van der Waals surface area contributed by atoms with E-state index in [1.807, 2.05) is 0 Å². The van der Waals surface area contributed by atoms with E-state index in [2.05, 4.69) is 10.1 Å². The number of amides is 2. The third-order valence-electron chi connectivity index (χ3n) is 5.68. The lowest BCUT2D eigenvalue weighted by Crippen LogP contribution is -2.51. The monoisotopic (exact) mass is 434 g/mol. The fourth-order valence-corrected chi connectivity index (χ4v) is 4.07. The molecule has 1 aliphatic carbocycles. The van der Waals surface area contributed by atoms with Crippen LogP contribution < -0.4 is 0 Å². The molecule has 2 aromatic rings. The van der Waals surface area contributed by atoms with Crippen LogP contribution in [0.15, 0.2) is 22.7 Å². The molecule has 0 bridgehead atoms. The van der Waals surface area contributed by atoms with Crippen LogP contribution in [0.3, 0.4) is 0 Å². The Hall–Kier alpha value is -2.48. The molecule has 160 valence electrons. The molecule has 2 aliphatic rings. The maximum absolute atomic E-state index is 13.4. The predicted octanol–water partition coefficient (Wildman–Crippen LogP) is 3.44. The van der Waals surface area contributed by atoms with E-state index < -0.39 is 5.82 Å². The zero-order chi connectivity index (χ0) is 21.3. The van der Waals surface area contributed by atoms with Gasteiger partial charge in [0.05, 0.1) is 5.02 Å². The van der Waals surface area contributed by atoms with Crippen molar-refractivity contribution in [3.05, 3.63) is 46.3 Å². The zero-order valence-electron chi connectivity index (χ0n) is 16.8. The van der Waals surface area contributed by atoms with Crippen LogP contribution in [-0.4, -0.2) is 57.4 Å². The third-order valence-corrected chi connectivity index (χ3v) is 5.97. The summed E-state index contributed by atoms with van der Waals surface area (Å²) in [6, 6.07) is 3.88. The number of nitrogens with zero attached hydrogens (tertiary/aromatic N) is 4. The molecule has 2 fully saturated rings. The van der Waals surface area contributed by atoms with Crippen molar-refractivity contribution in [1.29, 1.82) is 0 Å². The van der Waals surface area contributed by atoms with Gasteiger partial charge in [-0.15, -0.1) is 0 Å². The topological polar surface area (TPSA) is 79.5 Å². The summed E-state index contributed by atoms with van der Waals surface area (Å²) in [5.74, 6) is 0.869. The Morgan fingerprint density at radius 1 is 1.33 bits per heavy atom. The summed E-state index contributed by atoms with van der Waals surface area (Å²) in [4.78, 5) is 33.1. The molecule has 0 radical (unpaired) electrons. The standard InChI is InChI=1S/C21H24ClFN4O3/c1-13(28)27(10-8-19-24-20(30-25-19)14-4-5-14)16-3-2-9-26(12-16)21(29)15-6-7-18(23)17(22)11-15/h6-7,11,14,16H,2-5,8-10,12H2,1H3. The number of benzene rings is 1. The number of hydrogen-bond acceptors (Lipinski definition) is 5. The van der Waals surface area contributed by atoms with E-state index in [1.54, 1.807) is 9.80 Å². The number of aromatic nitrogens is 2. The van der Waals surface area contributed by atoms with Crippen LogP contribution in [0, 0.1) is 5.82 Å². The van der Waals surface area contributed by atoms with Gasteiger partial charge in [-0.05, 0) is 43.9 Å². The maximum atomic E-state index is 13.4. The minimum absolute atomic E-state index is 0.0509. The summed E-state index contributed by atoms with van der Waals surface area (Å²) in [6.45, 7) is 3.01. The number of likely N-dealkylation sites (tertiary alicyclic amines) is 1. The molecule has 1 saturated carbocycles. The highest BCUT2D eigenvalue weighted by Crippen LogP contribution is 2.38. The quantitative estimate of drug-likeness (QED) is 0.695. The van der Waals surface area contributed by atoms with Gasteiger partial charge in [-0.1, -0.05) is 16.8 Å². The van der Waals surface area contributed by atoms with Gasteiger partial charge in [0, 0.05) is 50.5 Å². The van der Waals surface area contributed by atoms with Gasteiger partial charge in [0.2, 0.25) is 11.8 Å². The lowest BCUT2D eigenvalue weighted by molar-refractivity contribution is -0.132. The van der Waals surface area contributed by atoms with E-state index >= 15 is 0 Å². The number of carbonyl (C=O) groups is 2. The fourth-order valence-electron chi connectivity index (χ4n) is 3.89. The Labute approximate surface area is 179 Å². The van der Waals surface area contributed by atoms with Gasteiger partial charge >= 0.3 is 0 Å². The molecule has 4 rings (SSSR count). The van der Waals surface area contributed by atoms with E-state index in [9.17, 15) is 14.0 Å². The summed E-state index contributed by atoms with van der Waals surface area (Å²) in [6.07, 6.45) is 4.28. The molecule has 2 amide bonds. The molecular weight excluding hydrogens is 411 g/mol. The second-order valence-corrected chi connectivity index (χ2v) is 8.37. The van der Waals surface area contributed by atoms with Gasteiger partial charge < -0.3 is 14.3 Å². The number of rotatable bonds is 6. The minimum atomic E-state index is -0.557. The minimum Gasteiger partial charge on any atom is -0.339 e. The number of carbonyl (C=O) groups excluding carboxylic acids is 2. The van der Waals surface area contributed by atoms with Crippen LogP contribution in [0.4, 0.5) is 4.39 Å². The first-order chi connectivity index (χ1) is 14.4. The largest absolute Gasteiger partial charge is 0.339 e. The molecule has 0 spiro atoms. The van der Waals surface area contributed by atoms with Crippen LogP contribution in [0.1, 0.15) is 60.6 Å². The highest BCUT2D eigenvalue weighted by molar-refractivity contribution is 6.31. The van der Waals surface area contributed by atoms with E-state index in [0.29, 0.717) is 49.3 Å².